The van der Waals surface area contributed by atoms with E-state index in [1.807, 2.05) is 0 Å². The minimum atomic E-state index is 0.158. The van der Waals surface area contributed by atoms with Gasteiger partial charge in [0.2, 0.25) is 0 Å². The number of hydrogen-bond donors (Lipinski definition) is 1. The van der Waals surface area contributed by atoms with Crippen LogP contribution in [0.1, 0.15) is 29.7 Å². The first kappa shape index (κ1) is 13.2. The number of anilines is 1. The molecular weight excluding hydrogens is 246 g/mol. The van der Waals surface area contributed by atoms with Crippen molar-refractivity contribution in [2.24, 2.45) is 0 Å². The van der Waals surface area contributed by atoms with E-state index in [9.17, 15) is 0 Å². The minimum Gasteiger partial charge on any atom is -0.382 e. The topological polar surface area (TPSA) is 21.3 Å². The van der Waals surface area contributed by atoms with E-state index in [1.54, 1.807) is 0 Å². The summed E-state index contributed by atoms with van der Waals surface area (Å²) in [6.07, 6.45) is 2.25. The Kier molecular flexibility index (Phi) is 4.03. The maximum absolute atomic E-state index is 5.92. The van der Waals surface area contributed by atoms with E-state index in [-0.39, 0.29) is 6.10 Å². The van der Waals surface area contributed by atoms with Crippen molar-refractivity contribution in [2.75, 3.05) is 18.5 Å². The summed E-state index contributed by atoms with van der Waals surface area (Å²) in [5.74, 6) is 0. The Bertz CT molecular complexity index is 579. The normalized spacial score (nSPS) is 17.6. The van der Waals surface area contributed by atoms with Crippen LogP contribution in [0.2, 0.25) is 0 Å². The van der Waals surface area contributed by atoms with Crippen molar-refractivity contribution in [3.8, 4) is 0 Å². The van der Waals surface area contributed by atoms with E-state index < -0.39 is 0 Å². The van der Waals surface area contributed by atoms with Crippen molar-refractivity contribution in [3.63, 3.8) is 0 Å². The van der Waals surface area contributed by atoms with Gasteiger partial charge in [0.25, 0.3) is 0 Å². The average molecular weight is 267 g/mol. The van der Waals surface area contributed by atoms with E-state index in [1.165, 1.54) is 22.4 Å². The Balaban J connectivity index is 1.70. The molecule has 2 aromatic rings. The molecule has 1 heterocycles. The van der Waals surface area contributed by atoms with Gasteiger partial charge in [-0.3, -0.25) is 0 Å². The van der Waals surface area contributed by atoms with E-state index in [2.05, 4.69) is 60.8 Å². The number of benzene rings is 2. The van der Waals surface area contributed by atoms with Crippen molar-refractivity contribution in [2.45, 2.75) is 25.9 Å². The summed E-state index contributed by atoms with van der Waals surface area (Å²) in [7, 11) is 0. The summed E-state index contributed by atoms with van der Waals surface area (Å²) < 4.78 is 5.92. The van der Waals surface area contributed by atoms with E-state index >= 15 is 0 Å². The summed E-state index contributed by atoms with van der Waals surface area (Å²) in [6.45, 7) is 3.82. The lowest BCUT2D eigenvalue weighted by molar-refractivity contribution is 0.0513. The zero-order chi connectivity index (χ0) is 13.8. The number of aryl methyl sites for hydroxylation is 1. The lowest BCUT2D eigenvalue weighted by Gasteiger charge is -2.26. The van der Waals surface area contributed by atoms with Gasteiger partial charge < -0.3 is 10.1 Å². The summed E-state index contributed by atoms with van der Waals surface area (Å²) in [6, 6.07) is 17.2. The Morgan fingerprint density at radius 2 is 2.05 bits per heavy atom. The molecule has 2 heteroatoms. The molecule has 0 amide bonds. The van der Waals surface area contributed by atoms with Crippen molar-refractivity contribution < 1.29 is 4.74 Å². The first-order valence-electron chi connectivity index (χ1n) is 7.39. The molecule has 1 aliphatic heterocycles. The third kappa shape index (κ3) is 2.86. The molecule has 104 valence electrons. The quantitative estimate of drug-likeness (QED) is 0.905. The molecule has 0 radical (unpaired) electrons. The lowest BCUT2D eigenvalue weighted by Crippen LogP contribution is -2.22. The molecule has 0 fully saturated rings. The Hall–Kier alpha value is -1.80. The van der Waals surface area contributed by atoms with Gasteiger partial charge in [0.05, 0.1) is 12.7 Å². The van der Waals surface area contributed by atoms with Crippen LogP contribution in [0.15, 0.2) is 48.5 Å². The monoisotopic (exact) mass is 267 g/mol. The fraction of sp³-hybridized carbons (Fsp3) is 0.333. The van der Waals surface area contributed by atoms with Crippen molar-refractivity contribution in [1.82, 2.24) is 0 Å². The first-order valence-corrected chi connectivity index (χ1v) is 7.39. The lowest BCUT2D eigenvalue weighted by atomic mass is 9.97. The second-order valence-corrected chi connectivity index (χ2v) is 5.24. The highest BCUT2D eigenvalue weighted by Crippen LogP contribution is 2.27. The smallest absolute Gasteiger partial charge is 0.0999 e. The molecule has 1 atom stereocenters. The summed E-state index contributed by atoms with van der Waals surface area (Å²) in [5.41, 5.74) is 5.29. The number of fused-ring (bicyclic) bond motifs is 1. The minimum absolute atomic E-state index is 0.158. The maximum atomic E-state index is 5.92. The fourth-order valence-electron chi connectivity index (χ4n) is 2.76. The predicted molar refractivity (Wildman–Crippen MR) is 83.1 cm³/mol. The number of rotatable bonds is 4. The molecule has 1 unspecified atom stereocenters. The highest BCUT2D eigenvalue weighted by Gasteiger charge is 2.19. The SMILES string of the molecule is CCc1cccc(NCC2OCCc3ccccc32)c1. The molecule has 20 heavy (non-hydrogen) atoms. The van der Waals surface area contributed by atoms with Crippen molar-refractivity contribution in [3.05, 3.63) is 65.2 Å². The van der Waals surface area contributed by atoms with Crippen LogP contribution in [-0.2, 0) is 17.6 Å². The zero-order valence-electron chi connectivity index (χ0n) is 11.9. The van der Waals surface area contributed by atoms with Gasteiger partial charge in [0, 0.05) is 12.2 Å². The van der Waals surface area contributed by atoms with Crippen LogP contribution >= 0.6 is 0 Å². The zero-order valence-corrected chi connectivity index (χ0v) is 11.9. The van der Waals surface area contributed by atoms with Gasteiger partial charge in [-0.25, -0.2) is 0 Å². The molecule has 0 saturated heterocycles. The third-order valence-corrected chi connectivity index (χ3v) is 3.92. The van der Waals surface area contributed by atoms with Crippen LogP contribution in [-0.4, -0.2) is 13.2 Å². The van der Waals surface area contributed by atoms with Crippen LogP contribution in [0.5, 0.6) is 0 Å². The fourth-order valence-corrected chi connectivity index (χ4v) is 2.76. The van der Waals surface area contributed by atoms with Gasteiger partial charge in [-0.2, -0.15) is 0 Å². The molecule has 0 saturated carbocycles. The Labute approximate surface area is 120 Å². The number of ether oxygens (including phenoxy) is 1. The largest absolute Gasteiger partial charge is 0.382 e. The second-order valence-electron chi connectivity index (χ2n) is 5.24. The van der Waals surface area contributed by atoms with Gasteiger partial charge in [-0.05, 0) is 41.7 Å². The Morgan fingerprint density at radius 3 is 2.95 bits per heavy atom. The third-order valence-electron chi connectivity index (χ3n) is 3.92. The predicted octanol–water partition coefficient (Wildman–Crippen LogP) is 3.97. The molecule has 0 aromatic heterocycles. The molecule has 2 aromatic carbocycles. The average Bonchev–Trinajstić information content (AvgIpc) is 2.53. The molecule has 0 aliphatic carbocycles. The summed E-state index contributed by atoms with van der Waals surface area (Å²) in [4.78, 5) is 0. The van der Waals surface area contributed by atoms with E-state index in [0.29, 0.717) is 0 Å². The van der Waals surface area contributed by atoms with E-state index in [0.717, 1.165) is 26.0 Å². The molecule has 0 bridgehead atoms. The summed E-state index contributed by atoms with van der Waals surface area (Å²) in [5, 5.41) is 3.50. The Morgan fingerprint density at radius 1 is 1.15 bits per heavy atom. The second kappa shape index (κ2) is 6.10. The number of nitrogens with one attached hydrogen (secondary N) is 1. The van der Waals surface area contributed by atoms with Crippen LogP contribution in [0.4, 0.5) is 5.69 Å². The molecular formula is C18H21NO. The van der Waals surface area contributed by atoms with Gasteiger partial charge in [-0.15, -0.1) is 0 Å². The van der Waals surface area contributed by atoms with Crippen LogP contribution in [0.25, 0.3) is 0 Å². The van der Waals surface area contributed by atoms with Gasteiger partial charge in [-0.1, -0.05) is 43.3 Å². The maximum Gasteiger partial charge on any atom is 0.0999 e. The van der Waals surface area contributed by atoms with Gasteiger partial charge in [0.15, 0.2) is 0 Å². The highest BCUT2D eigenvalue weighted by atomic mass is 16.5. The highest BCUT2D eigenvalue weighted by molar-refractivity contribution is 5.46. The standard InChI is InChI=1S/C18H21NO/c1-2-14-6-5-8-16(12-14)19-13-18-17-9-4-3-7-15(17)10-11-20-18/h3-9,12,18-19H,2,10-11,13H2,1H3. The van der Waals surface area contributed by atoms with Gasteiger partial charge in [0.1, 0.15) is 0 Å². The first-order chi connectivity index (χ1) is 9.86. The molecule has 3 rings (SSSR count). The van der Waals surface area contributed by atoms with Crippen LogP contribution in [0.3, 0.4) is 0 Å². The molecule has 1 N–H and O–H groups in total. The molecule has 1 aliphatic rings. The van der Waals surface area contributed by atoms with Crippen LogP contribution in [0, 0.1) is 0 Å². The van der Waals surface area contributed by atoms with E-state index in [4.69, 9.17) is 4.74 Å². The molecule has 0 spiro atoms. The summed E-state index contributed by atoms with van der Waals surface area (Å²) >= 11 is 0. The van der Waals surface area contributed by atoms with Gasteiger partial charge >= 0.3 is 0 Å². The van der Waals surface area contributed by atoms with Crippen molar-refractivity contribution in [1.29, 1.82) is 0 Å². The van der Waals surface area contributed by atoms with Crippen LogP contribution < -0.4 is 5.32 Å². The number of hydrogen-bond acceptors (Lipinski definition) is 2. The van der Waals surface area contributed by atoms with Crippen molar-refractivity contribution >= 4 is 5.69 Å². The molecule has 2 nitrogen and oxygen atoms in total.